The highest BCUT2D eigenvalue weighted by Crippen LogP contribution is 2.25. The third-order valence-electron chi connectivity index (χ3n) is 4.07. The Balaban J connectivity index is 1.75. The number of carbonyl (C=O) groups is 1. The molecule has 0 radical (unpaired) electrons. The summed E-state index contributed by atoms with van der Waals surface area (Å²) in [7, 11) is 0. The molecule has 0 aliphatic heterocycles. The molecule has 5 nitrogen and oxygen atoms in total. The van der Waals surface area contributed by atoms with E-state index < -0.39 is 11.7 Å². The van der Waals surface area contributed by atoms with Crippen LogP contribution in [0.1, 0.15) is 10.6 Å². The minimum absolute atomic E-state index is 0.0424. The molecular formula is C21H13Cl2FN4O. The molecule has 0 aliphatic rings. The number of carbonyl (C=O) groups excluding carboxylic acids is 1. The first kappa shape index (κ1) is 19.1. The number of nitrogens with zero attached hydrogens (tertiary/aromatic N) is 3. The fourth-order valence-electron chi connectivity index (χ4n) is 2.71. The number of halogens is 3. The van der Waals surface area contributed by atoms with Crippen LogP contribution in [-0.4, -0.2) is 20.7 Å². The molecule has 0 fully saturated rings. The van der Waals surface area contributed by atoms with Gasteiger partial charge in [-0.25, -0.2) is 14.1 Å². The Morgan fingerprint density at radius 1 is 0.931 bits per heavy atom. The van der Waals surface area contributed by atoms with Gasteiger partial charge in [-0.2, -0.15) is 0 Å². The van der Waals surface area contributed by atoms with E-state index >= 15 is 0 Å². The third kappa shape index (κ3) is 4.29. The Labute approximate surface area is 175 Å². The van der Waals surface area contributed by atoms with Crippen LogP contribution in [0.2, 0.25) is 10.0 Å². The molecule has 144 valence electrons. The first-order chi connectivity index (χ1) is 14.0. The van der Waals surface area contributed by atoms with Gasteiger partial charge in [0, 0.05) is 21.3 Å². The molecular weight excluding hydrogens is 414 g/mol. The Kier molecular flexibility index (Phi) is 5.29. The first-order valence-electron chi connectivity index (χ1n) is 8.55. The van der Waals surface area contributed by atoms with E-state index in [1.807, 2.05) is 6.07 Å². The van der Waals surface area contributed by atoms with Crippen molar-refractivity contribution in [3.8, 4) is 17.1 Å². The Hall–Kier alpha value is -3.22. The number of aromatic nitrogens is 3. The predicted molar refractivity (Wildman–Crippen MR) is 111 cm³/mol. The fourth-order valence-corrected chi connectivity index (χ4v) is 3.02. The van der Waals surface area contributed by atoms with Crippen molar-refractivity contribution in [1.82, 2.24) is 14.8 Å². The van der Waals surface area contributed by atoms with E-state index in [4.69, 9.17) is 23.2 Å². The van der Waals surface area contributed by atoms with E-state index in [2.05, 4.69) is 15.4 Å². The van der Waals surface area contributed by atoms with Crippen LogP contribution in [0.15, 0.2) is 72.8 Å². The molecule has 29 heavy (non-hydrogen) atoms. The maximum absolute atomic E-state index is 13.1. The Morgan fingerprint density at radius 3 is 2.34 bits per heavy atom. The largest absolute Gasteiger partial charge is 0.319 e. The van der Waals surface area contributed by atoms with Crippen molar-refractivity contribution in [1.29, 1.82) is 0 Å². The molecule has 0 spiro atoms. The lowest BCUT2D eigenvalue weighted by molar-refractivity contribution is 0.101. The van der Waals surface area contributed by atoms with E-state index in [9.17, 15) is 9.18 Å². The zero-order chi connectivity index (χ0) is 20.4. The smallest absolute Gasteiger partial charge is 0.295 e. The van der Waals surface area contributed by atoms with Gasteiger partial charge in [-0.1, -0.05) is 35.3 Å². The Bertz CT molecular complexity index is 1170. The van der Waals surface area contributed by atoms with Crippen LogP contribution in [0.3, 0.4) is 0 Å². The van der Waals surface area contributed by atoms with Crippen molar-refractivity contribution in [3.05, 3.63) is 94.5 Å². The molecule has 0 bridgehead atoms. The van der Waals surface area contributed by atoms with E-state index in [1.54, 1.807) is 47.1 Å². The van der Waals surface area contributed by atoms with E-state index in [-0.39, 0.29) is 5.82 Å². The van der Waals surface area contributed by atoms with Crippen molar-refractivity contribution < 1.29 is 9.18 Å². The summed E-state index contributed by atoms with van der Waals surface area (Å²) >= 11 is 12.1. The van der Waals surface area contributed by atoms with Gasteiger partial charge in [0.15, 0.2) is 5.82 Å². The molecule has 0 saturated carbocycles. The van der Waals surface area contributed by atoms with Gasteiger partial charge in [0.25, 0.3) is 5.91 Å². The van der Waals surface area contributed by atoms with Crippen LogP contribution >= 0.6 is 23.2 Å². The van der Waals surface area contributed by atoms with Crippen LogP contribution in [0, 0.1) is 5.82 Å². The molecule has 1 aromatic heterocycles. The second-order valence-electron chi connectivity index (χ2n) is 6.12. The predicted octanol–water partition coefficient (Wildman–Crippen LogP) is 5.63. The number of hydrogen-bond donors (Lipinski definition) is 1. The quantitative estimate of drug-likeness (QED) is 0.459. The molecule has 4 aromatic rings. The molecule has 8 heteroatoms. The highest BCUT2D eigenvalue weighted by molar-refractivity contribution is 6.31. The first-order valence-corrected chi connectivity index (χ1v) is 9.31. The van der Waals surface area contributed by atoms with Gasteiger partial charge in [0.05, 0.1) is 5.69 Å². The van der Waals surface area contributed by atoms with Gasteiger partial charge >= 0.3 is 0 Å². The van der Waals surface area contributed by atoms with Crippen molar-refractivity contribution >= 4 is 34.8 Å². The molecule has 3 aromatic carbocycles. The topological polar surface area (TPSA) is 59.8 Å². The SMILES string of the molecule is O=C(Nc1ccc(F)cc1)c1nc(-c2cccc(Cl)c2)n(-c2ccc(Cl)cc2)n1. The number of amides is 1. The van der Waals surface area contributed by atoms with Gasteiger partial charge in [-0.3, -0.25) is 4.79 Å². The summed E-state index contributed by atoms with van der Waals surface area (Å²) in [5.41, 5.74) is 1.81. The number of benzene rings is 3. The van der Waals surface area contributed by atoms with Gasteiger partial charge < -0.3 is 5.32 Å². The molecule has 4 rings (SSSR count). The number of anilines is 1. The molecule has 0 aliphatic carbocycles. The van der Waals surface area contributed by atoms with Crippen LogP contribution in [0.4, 0.5) is 10.1 Å². The zero-order valence-corrected chi connectivity index (χ0v) is 16.3. The van der Waals surface area contributed by atoms with E-state index in [0.717, 1.165) is 0 Å². The van der Waals surface area contributed by atoms with Crippen LogP contribution in [-0.2, 0) is 0 Å². The minimum atomic E-state index is -0.521. The number of rotatable bonds is 4. The highest BCUT2D eigenvalue weighted by atomic mass is 35.5. The van der Waals surface area contributed by atoms with Crippen molar-refractivity contribution in [3.63, 3.8) is 0 Å². The maximum atomic E-state index is 13.1. The second-order valence-corrected chi connectivity index (χ2v) is 6.99. The molecule has 1 amide bonds. The summed E-state index contributed by atoms with van der Waals surface area (Å²) in [6.45, 7) is 0. The van der Waals surface area contributed by atoms with Crippen LogP contribution < -0.4 is 5.32 Å². The highest BCUT2D eigenvalue weighted by Gasteiger charge is 2.19. The normalized spacial score (nSPS) is 10.7. The molecule has 1 heterocycles. The lowest BCUT2D eigenvalue weighted by Gasteiger charge is -2.06. The lowest BCUT2D eigenvalue weighted by Crippen LogP contribution is -2.14. The van der Waals surface area contributed by atoms with Gasteiger partial charge in [0.2, 0.25) is 5.82 Å². The monoisotopic (exact) mass is 426 g/mol. The third-order valence-corrected chi connectivity index (χ3v) is 4.55. The van der Waals surface area contributed by atoms with Crippen LogP contribution in [0.5, 0.6) is 0 Å². The van der Waals surface area contributed by atoms with E-state index in [1.165, 1.54) is 24.3 Å². The van der Waals surface area contributed by atoms with Crippen molar-refractivity contribution in [2.45, 2.75) is 0 Å². The second kappa shape index (κ2) is 8.03. The summed E-state index contributed by atoms with van der Waals surface area (Å²) in [5, 5.41) is 8.13. The summed E-state index contributed by atoms with van der Waals surface area (Å²) in [4.78, 5) is 17.1. The Morgan fingerprint density at radius 2 is 1.66 bits per heavy atom. The van der Waals surface area contributed by atoms with Gasteiger partial charge in [-0.05, 0) is 60.7 Å². The molecule has 0 unspecified atom stereocenters. The minimum Gasteiger partial charge on any atom is -0.319 e. The summed E-state index contributed by atoms with van der Waals surface area (Å²) in [5.74, 6) is -0.512. The average Bonchev–Trinajstić information content (AvgIpc) is 3.16. The molecule has 0 saturated heterocycles. The summed E-state index contributed by atoms with van der Waals surface area (Å²) < 4.78 is 14.6. The fraction of sp³-hybridized carbons (Fsp3) is 0. The van der Waals surface area contributed by atoms with Gasteiger partial charge in [0.1, 0.15) is 5.82 Å². The number of hydrogen-bond acceptors (Lipinski definition) is 3. The van der Waals surface area contributed by atoms with Gasteiger partial charge in [-0.15, -0.1) is 5.10 Å². The van der Waals surface area contributed by atoms with Crippen molar-refractivity contribution in [2.75, 3.05) is 5.32 Å². The van der Waals surface area contributed by atoms with E-state index in [0.29, 0.717) is 32.8 Å². The summed E-state index contributed by atoms with van der Waals surface area (Å²) in [6, 6.07) is 19.5. The summed E-state index contributed by atoms with van der Waals surface area (Å²) in [6.07, 6.45) is 0. The molecule has 0 atom stereocenters. The average molecular weight is 427 g/mol. The number of nitrogens with one attached hydrogen (secondary N) is 1. The van der Waals surface area contributed by atoms with Crippen molar-refractivity contribution in [2.24, 2.45) is 0 Å². The maximum Gasteiger partial charge on any atom is 0.295 e. The standard InChI is InChI=1S/C21H13Cl2FN4O/c22-14-4-10-18(11-5-14)28-20(13-2-1-3-15(23)12-13)26-19(27-28)21(29)25-17-8-6-16(24)7-9-17/h1-12H,(H,25,29). The molecule has 1 N–H and O–H groups in total. The zero-order valence-electron chi connectivity index (χ0n) is 14.8. The lowest BCUT2D eigenvalue weighted by atomic mass is 10.2. The van der Waals surface area contributed by atoms with Crippen LogP contribution in [0.25, 0.3) is 17.1 Å².